The first-order valence-corrected chi connectivity index (χ1v) is 11.4. The number of nitrogens with zero attached hydrogens (tertiary/aromatic N) is 2. The molecule has 1 fully saturated rings. The molecule has 0 unspecified atom stereocenters. The molecule has 0 atom stereocenters. The molecule has 1 aliphatic rings. The third-order valence-electron chi connectivity index (χ3n) is 4.80. The number of amidine groups is 1. The molecule has 3 aromatic carbocycles. The Bertz CT molecular complexity index is 1160. The topological polar surface area (TPSA) is 41.9 Å². The third-order valence-corrected chi connectivity index (χ3v) is 6.43. The number of hydrogen-bond donors (Lipinski definition) is 0. The number of carbonyl (C=O) groups excluding carboxylic acids is 1. The average Bonchev–Trinajstić information content (AvgIpc) is 3.05. The summed E-state index contributed by atoms with van der Waals surface area (Å²) in [6, 6.07) is 23.7. The van der Waals surface area contributed by atoms with Gasteiger partial charge in [-0.25, -0.2) is 4.99 Å². The Kier molecular flexibility index (Phi) is 6.59. The molecule has 1 saturated heterocycles. The number of methoxy groups -OCH3 is 1. The summed E-state index contributed by atoms with van der Waals surface area (Å²) in [6.07, 6.45) is 1.90. The molecule has 1 aliphatic heterocycles. The number of benzene rings is 3. The summed E-state index contributed by atoms with van der Waals surface area (Å²) in [5.41, 5.74) is 3.97. The number of ether oxygens (including phenoxy) is 1. The van der Waals surface area contributed by atoms with Crippen LogP contribution >= 0.6 is 27.7 Å². The number of halogens is 1. The van der Waals surface area contributed by atoms with Crippen LogP contribution in [0.15, 0.2) is 87.2 Å². The van der Waals surface area contributed by atoms with Crippen molar-refractivity contribution in [2.45, 2.75) is 13.5 Å². The van der Waals surface area contributed by atoms with Crippen LogP contribution in [0.5, 0.6) is 5.75 Å². The molecule has 0 spiro atoms. The summed E-state index contributed by atoms with van der Waals surface area (Å²) in [4.78, 5) is 20.5. The second-order valence-electron chi connectivity index (χ2n) is 7.11. The zero-order valence-electron chi connectivity index (χ0n) is 17.2. The zero-order chi connectivity index (χ0) is 21.8. The van der Waals surface area contributed by atoms with Gasteiger partial charge in [0.05, 0.1) is 28.7 Å². The van der Waals surface area contributed by atoms with Gasteiger partial charge in [-0.3, -0.25) is 9.69 Å². The number of amides is 1. The Labute approximate surface area is 194 Å². The standard InChI is InChI=1S/C25H21BrN2O2S/c1-17-8-11-20(12-9-17)27-25-28(16-18-6-4-3-5-7-18)24(29)23(31-25)15-19-10-13-22(30-2)21(26)14-19/h3-15H,16H2,1-2H3/b23-15+,27-25?. The molecule has 31 heavy (non-hydrogen) atoms. The van der Waals surface area contributed by atoms with Gasteiger partial charge in [0.2, 0.25) is 0 Å². The van der Waals surface area contributed by atoms with Crippen LogP contribution in [0.4, 0.5) is 5.69 Å². The van der Waals surface area contributed by atoms with Crippen molar-refractivity contribution in [2.75, 3.05) is 7.11 Å². The normalized spacial score (nSPS) is 16.4. The van der Waals surface area contributed by atoms with Gasteiger partial charge in [-0.1, -0.05) is 54.1 Å². The van der Waals surface area contributed by atoms with Crippen LogP contribution in [-0.2, 0) is 11.3 Å². The molecule has 0 bridgehead atoms. The van der Waals surface area contributed by atoms with Crippen molar-refractivity contribution >= 4 is 50.5 Å². The van der Waals surface area contributed by atoms with E-state index in [2.05, 4.69) is 15.9 Å². The molecule has 1 amide bonds. The lowest BCUT2D eigenvalue weighted by Crippen LogP contribution is -2.28. The Morgan fingerprint density at radius 1 is 1.06 bits per heavy atom. The van der Waals surface area contributed by atoms with Gasteiger partial charge in [-0.2, -0.15) is 0 Å². The Morgan fingerprint density at radius 2 is 1.81 bits per heavy atom. The van der Waals surface area contributed by atoms with Gasteiger partial charge in [0.25, 0.3) is 5.91 Å². The lowest BCUT2D eigenvalue weighted by atomic mass is 10.2. The molecule has 1 heterocycles. The molecule has 4 nitrogen and oxygen atoms in total. The summed E-state index contributed by atoms with van der Waals surface area (Å²) in [5.74, 6) is 0.700. The Balaban J connectivity index is 1.69. The van der Waals surface area contributed by atoms with Crippen molar-refractivity contribution in [3.05, 3.63) is 98.9 Å². The van der Waals surface area contributed by atoms with Gasteiger partial charge in [0.1, 0.15) is 5.75 Å². The summed E-state index contributed by atoms with van der Waals surface area (Å²) < 4.78 is 6.14. The van der Waals surface area contributed by atoms with Crippen molar-refractivity contribution in [1.82, 2.24) is 4.90 Å². The fraction of sp³-hybridized carbons (Fsp3) is 0.120. The number of carbonyl (C=O) groups is 1. The van der Waals surface area contributed by atoms with Crippen LogP contribution in [0.3, 0.4) is 0 Å². The summed E-state index contributed by atoms with van der Waals surface area (Å²) in [6.45, 7) is 2.52. The molecular formula is C25H21BrN2O2S. The molecule has 156 valence electrons. The van der Waals surface area contributed by atoms with E-state index in [1.165, 1.54) is 17.3 Å². The highest BCUT2D eigenvalue weighted by atomic mass is 79.9. The van der Waals surface area contributed by atoms with Crippen LogP contribution in [0.2, 0.25) is 0 Å². The monoisotopic (exact) mass is 492 g/mol. The predicted octanol–water partition coefficient (Wildman–Crippen LogP) is 6.57. The number of thioether (sulfide) groups is 1. The minimum Gasteiger partial charge on any atom is -0.496 e. The number of hydrogen-bond acceptors (Lipinski definition) is 4. The molecule has 0 saturated carbocycles. The van der Waals surface area contributed by atoms with E-state index in [0.29, 0.717) is 16.6 Å². The lowest BCUT2D eigenvalue weighted by Gasteiger charge is -2.15. The quantitative estimate of drug-likeness (QED) is 0.378. The molecule has 3 aromatic rings. The Morgan fingerprint density at radius 3 is 2.48 bits per heavy atom. The van der Waals surface area contributed by atoms with Crippen molar-refractivity contribution in [1.29, 1.82) is 0 Å². The van der Waals surface area contributed by atoms with E-state index in [0.717, 1.165) is 27.0 Å². The van der Waals surface area contributed by atoms with Gasteiger partial charge in [0, 0.05) is 0 Å². The van der Waals surface area contributed by atoms with Crippen LogP contribution in [-0.4, -0.2) is 23.1 Å². The molecule has 4 rings (SSSR count). The maximum absolute atomic E-state index is 13.3. The van der Waals surface area contributed by atoms with Crippen molar-refractivity contribution in [2.24, 2.45) is 4.99 Å². The van der Waals surface area contributed by atoms with E-state index in [4.69, 9.17) is 9.73 Å². The molecular weight excluding hydrogens is 472 g/mol. The second kappa shape index (κ2) is 9.54. The maximum atomic E-state index is 13.3. The van der Waals surface area contributed by atoms with E-state index >= 15 is 0 Å². The first kappa shape index (κ1) is 21.4. The van der Waals surface area contributed by atoms with Crippen LogP contribution < -0.4 is 4.74 Å². The van der Waals surface area contributed by atoms with Gasteiger partial charge in [-0.15, -0.1) is 0 Å². The highest BCUT2D eigenvalue weighted by molar-refractivity contribution is 9.10. The highest BCUT2D eigenvalue weighted by Gasteiger charge is 2.33. The summed E-state index contributed by atoms with van der Waals surface area (Å²) in [5, 5.41) is 0.677. The number of aliphatic imine (C=N–C) groups is 1. The first-order valence-electron chi connectivity index (χ1n) is 9.78. The molecule has 0 aliphatic carbocycles. The minimum atomic E-state index is -0.0494. The van der Waals surface area contributed by atoms with E-state index in [9.17, 15) is 4.79 Å². The van der Waals surface area contributed by atoms with Crippen molar-refractivity contribution < 1.29 is 9.53 Å². The van der Waals surface area contributed by atoms with E-state index in [-0.39, 0.29) is 5.91 Å². The van der Waals surface area contributed by atoms with Gasteiger partial charge >= 0.3 is 0 Å². The minimum absolute atomic E-state index is 0.0494. The number of aryl methyl sites for hydroxylation is 1. The molecule has 0 aromatic heterocycles. The predicted molar refractivity (Wildman–Crippen MR) is 132 cm³/mol. The van der Waals surface area contributed by atoms with Crippen LogP contribution in [0, 0.1) is 6.92 Å². The highest BCUT2D eigenvalue weighted by Crippen LogP contribution is 2.36. The summed E-state index contributed by atoms with van der Waals surface area (Å²) in [7, 11) is 1.63. The summed E-state index contributed by atoms with van der Waals surface area (Å²) >= 11 is 4.91. The zero-order valence-corrected chi connectivity index (χ0v) is 19.6. The molecule has 0 radical (unpaired) electrons. The maximum Gasteiger partial charge on any atom is 0.267 e. The molecule has 6 heteroatoms. The van der Waals surface area contributed by atoms with Crippen LogP contribution in [0.25, 0.3) is 6.08 Å². The fourth-order valence-electron chi connectivity index (χ4n) is 3.15. The molecule has 0 N–H and O–H groups in total. The van der Waals surface area contributed by atoms with Gasteiger partial charge in [0.15, 0.2) is 5.17 Å². The van der Waals surface area contributed by atoms with Crippen molar-refractivity contribution in [3.8, 4) is 5.75 Å². The SMILES string of the molecule is COc1ccc(/C=C2/SC(=Nc3ccc(C)cc3)N(Cc3ccccc3)C2=O)cc1Br. The Hall–Kier alpha value is -2.83. The first-order chi connectivity index (χ1) is 15.0. The average molecular weight is 493 g/mol. The van der Waals surface area contributed by atoms with E-state index < -0.39 is 0 Å². The third kappa shape index (κ3) is 5.09. The lowest BCUT2D eigenvalue weighted by molar-refractivity contribution is -0.122. The fourth-order valence-corrected chi connectivity index (χ4v) is 4.71. The second-order valence-corrected chi connectivity index (χ2v) is 8.97. The smallest absolute Gasteiger partial charge is 0.267 e. The van der Waals surface area contributed by atoms with E-state index in [1.54, 1.807) is 12.0 Å². The van der Waals surface area contributed by atoms with Crippen LogP contribution in [0.1, 0.15) is 16.7 Å². The number of rotatable bonds is 5. The van der Waals surface area contributed by atoms with Gasteiger partial charge in [-0.05, 0) is 76.1 Å². The van der Waals surface area contributed by atoms with Crippen molar-refractivity contribution in [3.63, 3.8) is 0 Å². The van der Waals surface area contributed by atoms with Gasteiger partial charge < -0.3 is 4.74 Å². The van der Waals surface area contributed by atoms with E-state index in [1.807, 2.05) is 85.8 Å². The largest absolute Gasteiger partial charge is 0.496 e.